The molecule has 2 atom stereocenters. The predicted molar refractivity (Wildman–Crippen MR) is 72.3 cm³/mol. The maximum absolute atomic E-state index is 14.0. The van der Waals surface area contributed by atoms with Crippen molar-refractivity contribution in [3.8, 4) is 0 Å². The Morgan fingerprint density at radius 1 is 1.00 bits per heavy atom. The molecule has 2 aliphatic heterocycles. The van der Waals surface area contributed by atoms with Crippen molar-refractivity contribution in [3.63, 3.8) is 0 Å². The van der Waals surface area contributed by atoms with Crippen LogP contribution in [0.25, 0.3) is 0 Å². The maximum atomic E-state index is 14.0. The molecule has 110 valence electrons. The van der Waals surface area contributed by atoms with Gasteiger partial charge in [-0.25, -0.2) is 13.2 Å². The third-order valence-electron chi connectivity index (χ3n) is 4.65. The summed E-state index contributed by atoms with van der Waals surface area (Å²) in [5, 5.41) is 3.29. The lowest BCUT2D eigenvalue weighted by Crippen LogP contribution is -2.56. The van der Waals surface area contributed by atoms with E-state index in [2.05, 4.69) is 5.32 Å². The second kappa shape index (κ2) is 5.28. The monoisotopic (exact) mass is 284 g/mol. The van der Waals surface area contributed by atoms with Crippen LogP contribution in [0.1, 0.15) is 32.1 Å². The van der Waals surface area contributed by atoms with Crippen LogP contribution in [0.5, 0.6) is 0 Å². The van der Waals surface area contributed by atoms with Crippen molar-refractivity contribution in [1.82, 2.24) is 5.32 Å². The Kier molecular flexibility index (Phi) is 3.63. The van der Waals surface area contributed by atoms with E-state index in [9.17, 15) is 13.2 Å². The van der Waals surface area contributed by atoms with Gasteiger partial charge in [0.15, 0.2) is 11.6 Å². The van der Waals surface area contributed by atoms with Crippen LogP contribution in [0.3, 0.4) is 0 Å². The number of anilines is 1. The van der Waals surface area contributed by atoms with Crippen LogP contribution in [0.2, 0.25) is 0 Å². The number of hydrogen-bond donors (Lipinski definition) is 1. The van der Waals surface area contributed by atoms with E-state index in [1.54, 1.807) is 0 Å². The number of benzene rings is 1. The highest BCUT2D eigenvalue weighted by molar-refractivity contribution is 5.51. The van der Waals surface area contributed by atoms with E-state index in [1.165, 1.54) is 0 Å². The van der Waals surface area contributed by atoms with Crippen LogP contribution >= 0.6 is 0 Å². The average Bonchev–Trinajstić information content (AvgIpc) is 2.41. The van der Waals surface area contributed by atoms with Gasteiger partial charge in [0.25, 0.3) is 0 Å². The van der Waals surface area contributed by atoms with Crippen molar-refractivity contribution >= 4 is 5.69 Å². The Hall–Kier alpha value is -1.23. The van der Waals surface area contributed by atoms with Gasteiger partial charge in [0.1, 0.15) is 5.82 Å². The lowest BCUT2D eigenvalue weighted by Gasteiger charge is -2.50. The van der Waals surface area contributed by atoms with Crippen LogP contribution in [-0.4, -0.2) is 25.2 Å². The van der Waals surface area contributed by atoms with Gasteiger partial charge in [-0.1, -0.05) is 0 Å². The number of nitrogens with zero attached hydrogens (tertiary/aromatic N) is 1. The fourth-order valence-electron chi connectivity index (χ4n) is 3.72. The second-order valence-electron chi connectivity index (χ2n) is 5.82. The molecule has 0 aromatic heterocycles. The van der Waals surface area contributed by atoms with Crippen molar-refractivity contribution in [3.05, 3.63) is 29.6 Å². The van der Waals surface area contributed by atoms with Gasteiger partial charge in [-0.05, 0) is 39.2 Å². The molecule has 2 heterocycles. The highest BCUT2D eigenvalue weighted by atomic mass is 19.2. The first-order chi connectivity index (χ1) is 9.60. The van der Waals surface area contributed by atoms with Gasteiger partial charge in [-0.15, -0.1) is 0 Å². The fraction of sp³-hybridized carbons (Fsp3) is 0.600. The highest BCUT2D eigenvalue weighted by Gasteiger charge is 2.39. The SMILES string of the molecule is CNC1CC2CCCC(C1)N2c1cc(F)c(F)cc1F. The van der Waals surface area contributed by atoms with E-state index in [0.29, 0.717) is 12.1 Å². The molecule has 2 fully saturated rings. The summed E-state index contributed by atoms with van der Waals surface area (Å²) >= 11 is 0. The number of nitrogens with one attached hydrogen (secondary N) is 1. The number of rotatable bonds is 2. The number of fused-ring (bicyclic) bond motifs is 2. The number of piperidine rings is 2. The van der Waals surface area contributed by atoms with Crippen molar-refractivity contribution in [2.75, 3.05) is 11.9 Å². The predicted octanol–water partition coefficient (Wildman–Crippen LogP) is 3.21. The summed E-state index contributed by atoms with van der Waals surface area (Å²) in [5.74, 6) is -2.76. The topological polar surface area (TPSA) is 15.3 Å². The van der Waals surface area contributed by atoms with Crippen molar-refractivity contribution in [1.29, 1.82) is 0 Å². The fourth-order valence-corrected chi connectivity index (χ4v) is 3.72. The maximum Gasteiger partial charge on any atom is 0.161 e. The van der Waals surface area contributed by atoms with Crippen molar-refractivity contribution in [2.24, 2.45) is 0 Å². The van der Waals surface area contributed by atoms with Gasteiger partial charge in [-0.3, -0.25) is 0 Å². The Balaban J connectivity index is 1.95. The average molecular weight is 284 g/mol. The lowest BCUT2D eigenvalue weighted by atomic mass is 9.81. The summed E-state index contributed by atoms with van der Waals surface area (Å²) in [7, 11) is 1.94. The van der Waals surface area contributed by atoms with Gasteiger partial charge in [0, 0.05) is 30.3 Å². The number of hydrogen-bond acceptors (Lipinski definition) is 2. The first kappa shape index (κ1) is 13.7. The first-order valence-corrected chi connectivity index (χ1v) is 7.20. The third-order valence-corrected chi connectivity index (χ3v) is 4.65. The molecule has 1 aromatic rings. The van der Waals surface area contributed by atoms with Gasteiger partial charge >= 0.3 is 0 Å². The molecule has 1 N–H and O–H groups in total. The summed E-state index contributed by atoms with van der Waals surface area (Å²) in [6.45, 7) is 0. The third kappa shape index (κ3) is 2.28. The Labute approximate surface area is 117 Å². The summed E-state index contributed by atoms with van der Waals surface area (Å²) in [6.07, 6.45) is 4.92. The smallest absolute Gasteiger partial charge is 0.161 e. The zero-order valence-electron chi connectivity index (χ0n) is 11.5. The molecule has 2 aliphatic rings. The van der Waals surface area contributed by atoms with Gasteiger partial charge in [-0.2, -0.15) is 0 Å². The molecule has 5 heteroatoms. The van der Waals surface area contributed by atoms with Crippen molar-refractivity contribution in [2.45, 2.75) is 50.2 Å². The van der Waals surface area contributed by atoms with Crippen LogP contribution in [0.4, 0.5) is 18.9 Å². The zero-order valence-corrected chi connectivity index (χ0v) is 11.5. The second-order valence-corrected chi connectivity index (χ2v) is 5.82. The number of halogens is 3. The van der Waals surface area contributed by atoms with Crippen LogP contribution in [0.15, 0.2) is 12.1 Å². The Morgan fingerprint density at radius 3 is 2.20 bits per heavy atom. The van der Waals surface area contributed by atoms with Gasteiger partial charge < -0.3 is 10.2 Å². The molecule has 0 spiro atoms. The minimum Gasteiger partial charge on any atom is -0.363 e. The zero-order chi connectivity index (χ0) is 14.3. The first-order valence-electron chi connectivity index (χ1n) is 7.20. The van der Waals surface area contributed by atoms with Crippen molar-refractivity contribution < 1.29 is 13.2 Å². The summed E-state index contributed by atoms with van der Waals surface area (Å²) in [4.78, 5) is 1.98. The summed E-state index contributed by atoms with van der Waals surface area (Å²) in [5.41, 5.74) is 0.216. The Bertz CT molecular complexity index is 492. The summed E-state index contributed by atoms with van der Waals surface area (Å²) in [6, 6.07) is 2.51. The molecule has 1 aromatic carbocycles. The minimum absolute atomic E-state index is 0.208. The molecule has 0 aliphatic carbocycles. The largest absolute Gasteiger partial charge is 0.363 e. The molecular weight excluding hydrogens is 265 g/mol. The molecule has 3 rings (SSSR count). The van der Waals surface area contributed by atoms with E-state index in [-0.39, 0.29) is 17.8 Å². The molecular formula is C15H19F3N2. The Morgan fingerprint density at radius 2 is 1.60 bits per heavy atom. The lowest BCUT2D eigenvalue weighted by molar-refractivity contribution is 0.250. The quantitative estimate of drug-likeness (QED) is 0.839. The normalized spacial score (nSPS) is 29.6. The van der Waals surface area contributed by atoms with Crippen LogP contribution < -0.4 is 10.2 Å². The van der Waals surface area contributed by atoms with Crippen LogP contribution in [-0.2, 0) is 0 Å². The highest BCUT2D eigenvalue weighted by Crippen LogP contribution is 2.39. The van der Waals surface area contributed by atoms with Gasteiger partial charge in [0.05, 0.1) is 5.69 Å². The van der Waals surface area contributed by atoms with E-state index >= 15 is 0 Å². The molecule has 0 amide bonds. The van der Waals surface area contributed by atoms with E-state index in [4.69, 9.17) is 0 Å². The van der Waals surface area contributed by atoms with E-state index in [1.807, 2.05) is 11.9 Å². The molecule has 0 saturated carbocycles. The van der Waals surface area contributed by atoms with Crippen LogP contribution in [0, 0.1) is 17.5 Å². The van der Waals surface area contributed by atoms with E-state index < -0.39 is 17.5 Å². The standard InChI is InChI=1S/C15H19F3N2/c1-19-9-5-10-3-2-4-11(6-9)20(10)15-8-13(17)12(16)7-14(15)18/h7-11,19H,2-6H2,1H3. The summed E-state index contributed by atoms with van der Waals surface area (Å²) < 4.78 is 40.6. The molecule has 20 heavy (non-hydrogen) atoms. The molecule has 2 unspecified atom stereocenters. The molecule has 0 radical (unpaired) electrons. The molecule has 2 nitrogen and oxygen atoms in total. The minimum atomic E-state index is -1.12. The van der Waals surface area contributed by atoms with E-state index in [0.717, 1.165) is 38.2 Å². The van der Waals surface area contributed by atoms with Gasteiger partial charge in [0.2, 0.25) is 0 Å². The molecule has 2 saturated heterocycles. The molecule has 2 bridgehead atoms.